The third-order valence-electron chi connectivity index (χ3n) is 3.25. The van der Waals surface area contributed by atoms with Crippen LogP contribution in [-0.2, 0) is 13.0 Å². The van der Waals surface area contributed by atoms with Gasteiger partial charge in [-0.3, -0.25) is 15.1 Å². The molecule has 104 valence electrons. The first-order valence-electron chi connectivity index (χ1n) is 6.54. The van der Waals surface area contributed by atoms with Crippen LogP contribution in [0.1, 0.15) is 23.7 Å². The number of nitro benzene ring substituents is 1. The Hall–Kier alpha value is -2.43. The second-order valence-electron chi connectivity index (χ2n) is 4.54. The van der Waals surface area contributed by atoms with Crippen LogP contribution in [0.3, 0.4) is 0 Å². The van der Waals surface area contributed by atoms with Gasteiger partial charge in [-0.15, -0.1) is 0 Å². The van der Waals surface area contributed by atoms with E-state index in [4.69, 9.17) is 0 Å². The lowest BCUT2D eigenvalue weighted by Crippen LogP contribution is -2.07. The highest BCUT2D eigenvalue weighted by Crippen LogP contribution is 2.28. The molecule has 0 fully saturated rings. The van der Waals surface area contributed by atoms with Crippen LogP contribution in [0.5, 0.6) is 0 Å². The summed E-state index contributed by atoms with van der Waals surface area (Å²) in [5, 5.41) is 14.2. The molecular formula is C15H17N3O2. The number of nitrogens with zero attached hydrogens (tertiary/aromatic N) is 2. The minimum absolute atomic E-state index is 0.0963. The highest BCUT2D eigenvalue weighted by molar-refractivity contribution is 5.66. The molecule has 1 N–H and O–H groups in total. The van der Waals surface area contributed by atoms with E-state index in [0.29, 0.717) is 12.2 Å². The molecule has 0 unspecified atom stereocenters. The van der Waals surface area contributed by atoms with Crippen LogP contribution >= 0.6 is 0 Å². The van der Waals surface area contributed by atoms with Crippen molar-refractivity contribution < 1.29 is 4.92 Å². The van der Waals surface area contributed by atoms with Gasteiger partial charge in [0.25, 0.3) is 5.69 Å². The molecule has 5 nitrogen and oxygen atoms in total. The lowest BCUT2D eigenvalue weighted by Gasteiger charge is -2.11. The molecule has 1 heterocycles. The molecule has 0 aliphatic rings. The number of nitrogens with one attached hydrogen (secondary N) is 1. The second-order valence-corrected chi connectivity index (χ2v) is 4.54. The number of hydrogen-bond donors (Lipinski definition) is 1. The van der Waals surface area contributed by atoms with Crippen LogP contribution < -0.4 is 5.32 Å². The Morgan fingerprint density at radius 3 is 2.80 bits per heavy atom. The standard InChI is InChI=1S/C15H17N3O2/c1-3-12-7-5-9-16-13(12)10-17-15-11(2)6-4-8-14(15)18(19)20/h4-9,17H,3,10H2,1-2H3. The monoisotopic (exact) mass is 271 g/mol. The molecule has 2 aromatic rings. The number of benzene rings is 1. The molecule has 0 spiro atoms. The lowest BCUT2D eigenvalue weighted by atomic mass is 10.1. The Kier molecular flexibility index (Phi) is 4.30. The molecule has 0 aliphatic carbocycles. The summed E-state index contributed by atoms with van der Waals surface area (Å²) in [6.07, 6.45) is 2.63. The number of aryl methyl sites for hydroxylation is 2. The predicted molar refractivity (Wildman–Crippen MR) is 78.8 cm³/mol. The minimum atomic E-state index is -0.367. The summed E-state index contributed by atoms with van der Waals surface area (Å²) in [7, 11) is 0. The minimum Gasteiger partial charge on any atom is -0.374 e. The topological polar surface area (TPSA) is 68.1 Å². The average Bonchev–Trinajstić information content (AvgIpc) is 2.46. The maximum absolute atomic E-state index is 11.1. The van der Waals surface area contributed by atoms with Crippen molar-refractivity contribution in [1.82, 2.24) is 4.98 Å². The Morgan fingerprint density at radius 2 is 2.10 bits per heavy atom. The Balaban J connectivity index is 2.25. The molecule has 0 atom stereocenters. The summed E-state index contributed by atoms with van der Waals surface area (Å²) in [6, 6.07) is 8.98. The van der Waals surface area contributed by atoms with Gasteiger partial charge in [0.2, 0.25) is 0 Å². The van der Waals surface area contributed by atoms with E-state index in [9.17, 15) is 10.1 Å². The van der Waals surface area contributed by atoms with Crippen molar-refractivity contribution in [3.63, 3.8) is 0 Å². The number of nitro groups is 1. The van der Waals surface area contributed by atoms with Crippen LogP contribution in [0.15, 0.2) is 36.5 Å². The zero-order chi connectivity index (χ0) is 14.5. The van der Waals surface area contributed by atoms with Crippen LogP contribution in [0, 0.1) is 17.0 Å². The van der Waals surface area contributed by atoms with Gasteiger partial charge >= 0.3 is 0 Å². The summed E-state index contributed by atoms with van der Waals surface area (Å²) < 4.78 is 0. The first kappa shape index (κ1) is 14.0. The summed E-state index contributed by atoms with van der Waals surface area (Å²) >= 11 is 0. The summed E-state index contributed by atoms with van der Waals surface area (Å²) in [5.74, 6) is 0. The third-order valence-corrected chi connectivity index (χ3v) is 3.25. The van der Waals surface area contributed by atoms with Crippen molar-refractivity contribution >= 4 is 11.4 Å². The van der Waals surface area contributed by atoms with Gasteiger partial charge in [-0.05, 0) is 30.5 Å². The van der Waals surface area contributed by atoms with E-state index in [1.54, 1.807) is 12.3 Å². The Morgan fingerprint density at radius 1 is 1.30 bits per heavy atom. The first-order chi connectivity index (χ1) is 9.63. The van der Waals surface area contributed by atoms with E-state index in [2.05, 4.69) is 17.2 Å². The van der Waals surface area contributed by atoms with E-state index < -0.39 is 0 Å². The normalized spacial score (nSPS) is 10.3. The van der Waals surface area contributed by atoms with Gasteiger partial charge in [0.05, 0.1) is 17.2 Å². The molecule has 5 heteroatoms. The van der Waals surface area contributed by atoms with Gasteiger partial charge < -0.3 is 5.32 Å². The first-order valence-corrected chi connectivity index (χ1v) is 6.54. The van der Waals surface area contributed by atoms with Crippen molar-refractivity contribution in [2.75, 3.05) is 5.32 Å². The number of aromatic nitrogens is 1. The van der Waals surface area contributed by atoms with Crippen LogP contribution in [0.4, 0.5) is 11.4 Å². The van der Waals surface area contributed by atoms with Gasteiger partial charge in [0.1, 0.15) is 5.69 Å². The highest BCUT2D eigenvalue weighted by atomic mass is 16.6. The Bertz CT molecular complexity index is 626. The number of anilines is 1. The van der Waals surface area contributed by atoms with Crippen molar-refractivity contribution in [3.8, 4) is 0 Å². The fraction of sp³-hybridized carbons (Fsp3) is 0.267. The molecule has 1 aromatic heterocycles. The van der Waals surface area contributed by atoms with E-state index in [0.717, 1.165) is 23.2 Å². The summed E-state index contributed by atoms with van der Waals surface area (Å²) in [5.41, 5.74) is 3.58. The van der Waals surface area contributed by atoms with E-state index in [-0.39, 0.29) is 10.6 Å². The lowest BCUT2D eigenvalue weighted by molar-refractivity contribution is -0.384. The number of hydrogen-bond acceptors (Lipinski definition) is 4. The average molecular weight is 271 g/mol. The van der Waals surface area contributed by atoms with Gasteiger partial charge in [0, 0.05) is 12.3 Å². The quantitative estimate of drug-likeness (QED) is 0.667. The van der Waals surface area contributed by atoms with Crippen LogP contribution in [0.2, 0.25) is 0 Å². The molecule has 2 rings (SSSR count). The zero-order valence-electron chi connectivity index (χ0n) is 11.6. The van der Waals surface area contributed by atoms with Gasteiger partial charge in [-0.1, -0.05) is 25.1 Å². The van der Waals surface area contributed by atoms with Gasteiger partial charge in [-0.2, -0.15) is 0 Å². The number of rotatable bonds is 5. The largest absolute Gasteiger partial charge is 0.374 e. The van der Waals surface area contributed by atoms with Gasteiger partial charge in [-0.25, -0.2) is 0 Å². The van der Waals surface area contributed by atoms with E-state index in [1.165, 1.54) is 6.07 Å². The Labute approximate surface area is 117 Å². The SMILES string of the molecule is CCc1cccnc1CNc1c(C)cccc1[N+](=O)[O-]. The van der Waals surface area contributed by atoms with Crippen molar-refractivity contribution in [2.45, 2.75) is 26.8 Å². The molecule has 1 aromatic carbocycles. The summed E-state index contributed by atoms with van der Waals surface area (Å²) in [6.45, 7) is 4.40. The molecule has 0 amide bonds. The number of para-hydroxylation sites is 1. The molecule has 0 radical (unpaired) electrons. The molecule has 0 aliphatic heterocycles. The van der Waals surface area contributed by atoms with E-state index >= 15 is 0 Å². The predicted octanol–water partition coefficient (Wildman–Crippen LogP) is 3.47. The van der Waals surface area contributed by atoms with Crippen molar-refractivity contribution in [3.05, 3.63) is 63.5 Å². The number of pyridine rings is 1. The third kappa shape index (κ3) is 2.93. The second kappa shape index (κ2) is 6.14. The smallest absolute Gasteiger partial charge is 0.292 e. The summed E-state index contributed by atoms with van der Waals surface area (Å²) in [4.78, 5) is 15.0. The molecular weight excluding hydrogens is 254 g/mol. The fourth-order valence-electron chi connectivity index (χ4n) is 2.16. The van der Waals surface area contributed by atoms with Crippen molar-refractivity contribution in [2.24, 2.45) is 0 Å². The molecule has 20 heavy (non-hydrogen) atoms. The van der Waals surface area contributed by atoms with Crippen molar-refractivity contribution in [1.29, 1.82) is 0 Å². The fourth-order valence-corrected chi connectivity index (χ4v) is 2.16. The van der Waals surface area contributed by atoms with Crippen LogP contribution in [-0.4, -0.2) is 9.91 Å². The highest BCUT2D eigenvalue weighted by Gasteiger charge is 2.15. The maximum atomic E-state index is 11.1. The molecule has 0 saturated heterocycles. The molecule has 0 saturated carbocycles. The maximum Gasteiger partial charge on any atom is 0.292 e. The zero-order valence-corrected chi connectivity index (χ0v) is 11.6. The van der Waals surface area contributed by atoms with E-state index in [1.807, 2.05) is 25.1 Å². The van der Waals surface area contributed by atoms with Gasteiger partial charge in [0.15, 0.2) is 0 Å². The van der Waals surface area contributed by atoms with Crippen LogP contribution in [0.25, 0.3) is 0 Å². The molecule has 0 bridgehead atoms.